The number of hydrogen-bond donors (Lipinski definition) is 1. The highest BCUT2D eigenvalue weighted by Crippen LogP contribution is 2.21. The molecule has 0 amide bonds. The van der Waals surface area contributed by atoms with Gasteiger partial charge in [-0.1, -0.05) is 26.1 Å². The molecule has 0 atom stereocenters. The standard InChI is InChI=1S/C14H17N3S/c1-4-10-8-15-7-6-12(10)13-16-9(3)11(5-2)14(18)17-13/h6-8H,4-5H2,1-3H3,(H,16,17,18). The first-order chi connectivity index (χ1) is 8.67. The number of aryl methyl sites for hydroxylation is 2. The van der Waals surface area contributed by atoms with Crippen LogP contribution in [0.4, 0.5) is 0 Å². The molecule has 1 N–H and O–H groups in total. The van der Waals surface area contributed by atoms with E-state index in [0.29, 0.717) is 4.64 Å². The molecule has 0 saturated heterocycles. The first kappa shape index (κ1) is 12.9. The quantitative estimate of drug-likeness (QED) is 0.856. The van der Waals surface area contributed by atoms with E-state index in [0.717, 1.165) is 35.5 Å². The van der Waals surface area contributed by atoms with Crippen LogP contribution in [-0.2, 0) is 12.8 Å². The second-order valence-electron chi connectivity index (χ2n) is 4.23. The van der Waals surface area contributed by atoms with E-state index in [-0.39, 0.29) is 0 Å². The molecule has 0 bridgehead atoms. The molecule has 2 aromatic rings. The molecule has 2 heterocycles. The van der Waals surface area contributed by atoms with Gasteiger partial charge in [0.05, 0.1) is 0 Å². The molecule has 0 fully saturated rings. The molecule has 0 spiro atoms. The third kappa shape index (κ3) is 2.34. The van der Waals surface area contributed by atoms with Crippen LogP contribution >= 0.6 is 12.2 Å². The number of nitrogens with zero attached hydrogens (tertiary/aromatic N) is 2. The van der Waals surface area contributed by atoms with E-state index in [1.165, 1.54) is 5.56 Å². The van der Waals surface area contributed by atoms with Crippen LogP contribution in [0, 0.1) is 11.6 Å². The van der Waals surface area contributed by atoms with Crippen molar-refractivity contribution in [3.63, 3.8) is 0 Å². The van der Waals surface area contributed by atoms with Crippen molar-refractivity contribution in [3.8, 4) is 11.4 Å². The van der Waals surface area contributed by atoms with E-state index in [2.05, 4.69) is 28.8 Å². The second-order valence-corrected chi connectivity index (χ2v) is 4.62. The normalized spacial score (nSPS) is 10.6. The summed E-state index contributed by atoms with van der Waals surface area (Å²) in [5.74, 6) is 0.842. The van der Waals surface area contributed by atoms with E-state index < -0.39 is 0 Å². The Bertz CT molecular complexity index is 617. The van der Waals surface area contributed by atoms with Crippen LogP contribution in [0.5, 0.6) is 0 Å². The Morgan fingerprint density at radius 3 is 2.67 bits per heavy atom. The first-order valence-corrected chi connectivity index (χ1v) is 6.61. The first-order valence-electron chi connectivity index (χ1n) is 6.20. The second kappa shape index (κ2) is 5.40. The highest BCUT2D eigenvalue weighted by molar-refractivity contribution is 7.71. The molecule has 0 radical (unpaired) electrons. The zero-order chi connectivity index (χ0) is 13.1. The van der Waals surface area contributed by atoms with Gasteiger partial charge in [-0.25, -0.2) is 4.98 Å². The molecule has 0 saturated carbocycles. The van der Waals surface area contributed by atoms with Crippen LogP contribution in [0.15, 0.2) is 18.5 Å². The van der Waals surface area contributed by atoms with Crippen molar-refractivity contribution in [2.45, 2.75) is 33.6 Å². The van der Waals surface area contributed by atoms with Crippen LogP contribution in [0.3, 0.4) is 0 Å². The van der Waals surface area contributed by atoms with E-state index in [9.17, 15) is 0 Å². The third-order valence-electron chi connectivity index (χ3n) is 3.12. The number of rotatable bonds is 3. The predicted molar refractivity (Wildman–Crippen MR) is 76.1 cm³/mol. The molecule has 3 nitrogen and oxygen atoms in total. The summed E-state index contributed by atoms with van der Waals surface area (Å²) in [5, 5.41) is 0. The summed E-state index contributed by atoms with van der Waals surface area (Å²) >= 11 is 5.36. The Kier molecular flexibility index (Phi) is 3.87. The Morgan fingerprint density at radius 2 is 2.06 bits per heavy atom. The molecule has 0 unspecified atom stereocenters. The van der Waals surface area contributed by atoms with Gasteiger partial charge in [-0.3, -0.25) is 4.98 Å². The number of hydrogen-bond acceptors (Lipinski definition) is 3. The van der Waals surface area contributed by atoms with Gasteiger partial charge in [-0.05, 0) is 31.4 Å². The summed E-state index contributed by atoms with van der Waals surface area (Å²) in [4.78, 5) is 12.0. The lowest BCUT2D eigenvalue weighted by atomic mass is 10.1. The van der Waals surface area contributed by atoms with Gasteiger partial charge in [0.25, 0.3) is 0 Å². The fourth-order valence-corrected chi connectivity index (χ4v) is 2.48. The maximum absolute atomic E-state index is 5.36. The number of aromatic nitrogens is 3. The third-order valence-corrected chi connectivity index (χ3v) is 3.46. The van der Waals surface area contributed by atoms with Crippen molar-refractivity contribution >= 4 is 12.2 Å². The Labute approximate surface area is 112 Å². The van der Waals surface area contributed by atoms with Crippen LogP contribution < -0.4 is 0 Å². The number of H-pyrrole nitrogens is 1. The van der Waals surface area contributed by atoms with Gasteiger partial charge in [0.1, 0.15) is 10.5 Å². The maximum Gasteiger partial charge on any atom is 0.139 e. The maximum atomic E-state index is 5.36. The summed E-state index contributed by atoms with van der Waals surface area (Å²) in [6.07, 6.45) is 5.51. The van der Waals surface area contributed by atoms with Crippen LogP contribution in [0.25, 0.3) is 11.4 Å². The van der Waals surface area contributed by atoms with Crippen molar-refractivity contribution in [2.24, 2.45) is 0 Å². The van der Waals surface area contributed by atoms with Gasteiger partial charge in [0, 0.05) is 29.2 Å². The summed E-state index contributed by atoms with van der Waals surface area (Å²) in [6, 6.07) is 1.98. The molecule has 2 rings (SSSR count). The van der Waals surface area contributed by atoms with E-state index >= 15 is 0 Å². The molecule has 0 aromatic carbocycles. The molecule has 94 valence electrons. The molecule has 0 aliphatic carbocycles. The highest BCUT2D eigenvalue weighted by atomic mass is 32.1. The van der Waals surface area contributed by atoms with E-state index in [1.54, 1.807) is 6.20 Å². The van der Waals surface area contributed by atoms with Crippen molar-refractivity contribution < 1.29 is 0 Å². The fourth-order valence-electron chi connectivity index (χ4n) is 2.09. The largest absolute Gasteiger partial charge is 0.343 e. The van der Waals surface area contributed by atoms with Gasteiger partial charge >= 0.3 is 0 Å². The minimum Gasteiger partial charge on any atom is -0.343 e. The molecule has 18 heavy (non-hydrogen) atoms. The zero-order valence-corrected chi connectivity index (χ0v) is 11.8. The monoisotopic (exact) mass is 259 g/mol. The zero-order valence-electron chi connectivity index (χ0n) is 10.9. The predicted octanol–water partition coefficient (Wildman–Crippen LogP) is 3.63. The van der Waals surface area contributed by atoms with Crippen LogP contribution in [0.2, 0.25) is 0 Å². The summed E-state index contributed by atoms with van der Waals surface area (Å²) < 4.78 is 0.697. The molecule has 0 aliphatic rings. The smallest absolute Gasteiger partial charge is 0.139 e. The summed E-state index contributed by atoms with van der Waals surface area (Å²) in [7, 11) is 0. The molecular formula is C14H17N3S. The van der Waals surface area contributed by atoms with Crippen molar-refractivity contribution in [1.82, 2.24) is 15.0 Å². The lowest BCUT2D eigenvalue weighted by Crippen LogP contribution is -2.01. The topological polar surface area (TPSA) is 41.6 Å². The minimum absolute atomic E-state index is 0.697. The fraction of sp³-hybridized carbons (Fsp3) is 0.357. The van der Waals surface area contributed by atoms with E-state index in [4.69, 9.17) is 12.2 Å². The minimum atomic E-state index is 0.697. The number of pyridine rings is 1. The SMILES string of the molecule is CCc1cnccc1-c1nc(=S)c(CC)c(C)[nH]1. The van der Waals surface area contributed by atoms with Gasteiger partial charge in [-0.15, -0.1) is 0 Å². The number of nitrogens with one attached hydrogen (secondary N) is 1. The van der Waals surface area contributed by atoms with Gasteiger partial charge in [-0.2, -0.15) is 0 Å². The Hall–Kier alpha value is -1.55. The van der Waals surface area contributed by atoms with E-state index in [1.807, 2.05) is 19.2 Å². The van der Waals surface area contributed by atoms with Crippen molar-refractivity contribution in [2.75, 3.05) is 0 Å². The van der Waals surface area contributed by atoms with Gasteiger partial charge in [0.2, 0.25) is 0 Å². The van der Waals surface area contributed by atoms with Gasteiger partial charge < -0.3 is 4.98 Å². The number of aromatic amines is 1. The Morgan fingerprint density at radius 1 is 1.28 bits per heavy atom. The molecule has 0 aliphatic heterocycles. The summed E-state index contributed by atoms with van der Waals surface area (Å²) in [6.45, 7) is 6.26. The van der Waals surface area contributed by atoms with Gasteiger partial charge in [0.15, 0.2) is 0 Å². The molecular weight excluding hydrogens is 242 g/mol. The average Bonchev–Trinajstić information content (AvgIpc) is 2.38. The van der Waals surface area contributed by atoms with Crippen molar-refractivity contribution in [3.05, 3.63) is 39.9 Å². The lowest BCUT2D eigenvalue weighted by molar-refractivity contribution is 0.982. The lowest BCUT2D eigenvalue weighted by Gasteiger charge is -2.10. The highest BCUT2D eigenvalue weighted by Gasteiger charge is 2.08. The van der Waals surface area contributed by atoms with Crippen LogP contribution in [-0.4, -0.2) is 15.0 Å². The summed E-state index contributed by atoms with van der Waals surface area (Å²) in [5.41, 5.74) is 4.50. The average molecular weight is 259 g/mol. The Balaban J connectivity index is 2.62. The van der Waals surface area contributed by atoms with Crippen LogP contribution in [0.1, 0.15) is 30.7 Å². The molecule has 2 aromatic heterocycles. The molecule has 4 heteroatoms. The van der Waals surface area contributed by atoms with Crippen molar-refractivity contribution in [1.29, 1.82) is 0 Å².